The fourth-order valence-corrected chi connectivity index (χ4v) is 1.70. The van der Waals surface area contributed by atoms with Crippen LogP contribution in [0.25, 0.3) is 0 Å². The number of rotatable bonds is 5. The van der Waals surface area contributed by atoms with Crippen LogP contribution in [0.5, 0.6) is 0 Å². The molecule has 1 rings (SSSR count). The highest BCUT2D eigenvalue weighted by molar-refractivity contribution is 5.52. The summed E-state index contributed by atoms with van der Waals surface area (Å²) >= 11 is 0. The van der Waals surface area contributed by atoms with Crippen LogP contribution in [0.15, 0.2) is 18.5 Å². The lowest BCUT2D eigenvalue weighted by Gasteiger charge is -2.29. The molecule has 0 saturated carbocycles. The minimum Gasteiger partial charge on any atom is -0.392 e. The topological polar surface area (TPSA) is 36.4 Å². The van der Waals surface area contributed by atoms with Crippen LogP contribution in [-0.2, 0) is 6.61 Å². The molecule has 0 aliphatic carbocycles. The predicted octanol–water partition coefficient (Wildman–Crippen LogP) is 2.20. The molecule has 0 aromatic carbocycles. The summed E-state index contributed by atoms with van der Waals surface area (Å²) in [6.07, 6.45) is 4.65. The van der Waals surface area contributed by atoms with E-state index in [0.717, 1.165) is 24.2 Å². The summed E-state index contributed by atoms with van der Waals surface area (Å²) in [6, 6.07) is 2.31. The summed E-state index contributed by atoms with van der Waals surface area (Å²) in [5.74, 6) is 0. The van der Waals surface area contributed by atoms with Crippen LogP contribution in [0.3, 0.4) is 0 Å². The van der Waals surface area contributed by atoms with Crippen LogP contribution in [0, 0.1) is 0 Å². The molecule has 1 aromatic rings. The molecule has 1 N–H and O–H groups in total. The van der Waals surface area contributed by atoms with Crippen molar-refractivity contribution in [2.24, 2.45) is 0 Å². The molecule has 0 radical (unpaired) electrons. The maximum Gasteiger partial charge on any atom is 0.0703 e. The Balaban J connectivity index is 2.98. The van der Waals surface area contributed by atoms with Gasteiger partial charge in [-0.1, -0.05) is 6.92 Å². The predicted molar refractivity (Wildman–Crippen MR) is 62.9 cm³/mol. The van der Waals surface area contributed by atoms with Crippen LogP contribution in [0.2, 0.25) is 0 Å². The number of pyridine rings is 1. The van der Waals surface area contributed by atoms with Gasteiger partial charge in [-0.05, 0) is 26.3 Å². The normalized spacial score (nSPS) is 10.7. The number of anilines is 1. The molecule has 1 heterocycles. The number of aliphatic hydroxyl groups excluding tert-OH is 1. The Bertz CT molecular complexity index is 299. The van der Waals surface area contributed by atoms with Gasteiger partial charge in [0.25, 0.3) is 0 Å². The maximum atomic E-state index is 9.26. The Morgan fingerprint density at radius 1 is 1.47 bits per heavy atom. The van der Waals surface area contributed by atoms with E-state index in [1.165, 1.54) is 0 Å². The van der Waals surface area contributed by atoms with Crippen molar-refractivity contribution in [3.63, 3.8) is 0 Å². The highest BCUT2D eigenvalue weighted by Crippen LogP contribution is 2.21. The Morgan fingerprint density at radius 3 is 2.73 bits per heavy atom. The first-order valence-electron chi connectivity index (χ1n) is 5.51. The molecule has 0 bridgehead atoms. The third-order valence-electron chi connectivity index (χ3n) is 2.46. The van der Waals surface area contributed by atoms with Crippen molar-refractivity contribution >= 4 is 5.69 Å². The number of hydrogen-bond donors (Lipinski definition) is 1. The van der Waals surface area contributed by atoms with Crippen molar-refractivity contribution < 1.29 is 5.11 Å². The van der Waals surface area contributed by atoms with E-state index in [-0.39, 0.29) is 6.61 Å². The standard InChI is InChI=1S/C12H20N2O/c1-4-7-14(10(2)3)12-8-13-6-5-11(12)9-15/h5-6,8,10,15H,4,7,9H2,1-3H3. The second-order valence-electron chi connectivity index (χ2n) is 3.95. The Hall–Kier alpha value is -1.09. The smallest absolute Gasteiger partial charge is 0.0703 e. The molecule has 0 spiro atoms. The zero-order chi connectivity index (χ0) is 11.3. The largest absolute Gasteiger partial charge is 0.392 e. The van der Waals surface area contributed by atoms with Crippen molar-refractivity contribution in [1.82, 2.24) is 4.98 Å². The van der Waals surface area contributed by atoms with Gasteiger partial charge in [0.2, 0.25) is 0 Å². The van der Waals surface area contributed by atoms with Gasteiger partial charge in [-0.25, -0.2) is 0 Å². The van der Waals surface area contributed by atoms with E-state index < -0.39 is 0 Å². The number of hydrogen-bond acceptors (Lipinski definition) is 3. The van der Waals surface area contributed by atoms with Crippen molar-refractivity contribution in [2.45, 2.75) is 39.8 Å². The maximum absolute atomic E-state index is 9.26. The van der Waals surface area contributed by atoms with E-state index in [2.05, 4.69) is 30.7 Å². The summed E-state index contributed by atoms with van der Waals surface area (Å²) in [5, 5.41) is 9.26. The van der Waals surface area contributed by atoms with Crippen LogP contribution in [0.1, 0.15) is 32.8 Å². The number of aromatic nitrogens is 1. The van der Waals surface area contributed by atoms with Crippen molar-refractivity contribution in [3.8, 4) is 0 Å². The van der Waals surface area contributed by atoms with E-state index >= 15 is 0 Å². The fourth-order valence-electron chi connectivity index (χ4n) is 1.70. The molecule has 0 saturated heterocycles. The lowest BCUT2D eigenvalue weighted by atomic mass is 10.2. The molecule has 1 aromatic heterocycles. The lowest BCUT2D eigenvalue weighted by molar-refractivity contribution is 0.281. The molecule has 0 aliphatic heterocycles. The summed E-state index contributed by atoms with van der Waals surface area (Å²) < 4.78 is 0. The third-order valence-corrected chi connectivity index (χ3v) is 2.46. The minimum absolute atomic E-state index is 0.0742. The van der Waals surface area contributed by atoms with Gasteiger partial charge in [0, 0.05) is 24.3 Å². The molecule has 0 aliphatic rings. The van der Waals surface area contributed by atoms with Gasteiger partial charge in [0.15, 0.2) is 0 Å². The van der Waals surface area contributed by atoms with Gasteiger partial charge in [-0.15, -0.1) is 0 Å². The summed E-state index contributed by atoms with van der Waals surface area (Å²) in [7, 11) is 0. The number of nitrogens with zero attached hydrogens (tertiary/aromatic N) is 2. The molecule has 15 heavy (non-hydrogen) atoms. The molecular formula is C12H20N2O. The van der Waals surface area contributed by atoms with Crippen LogP contribution in [-0.4, -0.2) is 22.7 Å². The second-order valence-corrected chi connectivity index (χ2v) is 3.95. The first-order valence-corrected chi connectivity index (χ1v) is 5.51. The second kappa shape index (κ2) is 5.71. The summed E-state index contributed by atoms with van der Waals surface area (Å²) in [5.41, 5.74) is 2.00. The molecule has 3 heteroatoms. The molecule has 3 nitrogen and oxygen atoms in total. The van der Waals surface area contributed by atoms with Crippen LogP contribution >= 0.6 is 0 Å². The SMILES string of the molecule is CCCN(c1cnccc1CO)C(C)C. The summed E-state index contributed by atoms with van der Waals surface area (Å²) in [6.45, 7) is 7.54. The van der Waals surface area contributed by atoms with E-state index in [4.69, 9.17) is 0 Å². The monoisotopic (exact) mass is 208 g/mol. The molecule has 0 amide bonds. The van der Waals surface area contributed by atoms with Gasteiger partial charge in [0.05, 0.1) is 18.5 Å². The van der Waals surface area contributed by atoms with Crippen LogP contribution < -0.4 is 4.90 Å². The van der Waals surface area contributed by atoms with Crippen molar-refractivity contribution in [1.29, 1.82) is 0 Å². The average Bonchev–Trinajstić information content (AvgIpc) is 2.25. The third kappa shape index (κ3) is 2.93. The van der Waals surface area contributed by atoms with Gasteiger partial charge in [-0.3, -0.25) is 4.98 Å². The van der Waals surface area contributed by atoms with E-state index in [0.29, 0.717) is 6.04 Å². The molecular weight excluding hydrogens is 188 g/mol. The Kier molecular flexibility index (Phi) is 4.56. The number of aliphatic hydroxyl groups is 1. The van der Waals surface area contributed by atoms with Gasteiger partial charge in [0.1, 0.15) is 0 Å². The Labute approximate surface area is 91.8 Å². The van der Waals surface area contributed by atoms with E-state index in [1.807, 2.05) is 12.3 Å². The summed E-state index contributed by atoms with van der Waals surface area (Å²) in [4.78, 5) is 6.40. The molecule has 0 fully saturated rings. The highest BCUT2D eigenvalue weighted by Gasteiger charge is 2.12. The molecule has 0 unspecified atom stereocenters. The van der Waals surface area contributed by atoms with Crippen molar-refractivity contribution in [2.75, 3.05) is 11.4 Å². The first kappa shape index (κ1) is 12.0. The quantitative estimate of drug-likeness (QED) is 0.806. The minimum atomic E-state index is 0.0742. The Morgan fingerprint density at radius 2 is 2.20 bits per heavy atom. The van der Waals surface area contributed by atoms with Gasteiger partial charge in [-0.2, -0.15) is 0 Å². The van der Waals surface area contributed by atoms with Crippen molar-refractivity contribution in [3.05, 3.63) is 24.0 Å². The zero-order valence-electron chi connectivity index (χ0n) is 9.77. The van der Waals surface area contributed by atoms with E-state index in [9.17, 15) is 5.11 Å². The average molecular weight is 208 g/mol. The fraction of sp³-hybridized carbons (Fsp3) is 0.583. The highest BCUT2D eigenvalue weighted by atomic mass is 16.3. The van der Waals surface area contributed by atoms with E-state index in [1.54, 1.807) is 6.20 Å². The zero-order valence-corrected chi connectivity index (χ0v) is 9.77. The lowest BCUT2D eigenvalue weighted by Crippen LogP contribution is -2.32. The van der Waals surface area contributed by atoms with Crippen LogP contribution in [0.4, 0.5) is 5.69 Å². The molecule has 84 valence electrons. The molecule has 0 atom stereocenters. The van der Waals surface area contributed by atoms with Gasteiger partial charge < -0.3 is 10.0 Å². The van der Waals surface area contributed by atoms with Gasteiger partial charge >= 0.3 is 0 Å². The first-order chi connectivity index (χ1) is 7.20.